The molecular weight excluding hydrogens is 172 g/mol. The van der Waals surface area contributed by atoms with Crippen LogP contribution in [0.25, 0.3) is 0 Å². The van der Waals surface area contributed by atoms with Crippen LogP contribution in [0.3, 0.4) is 0 Å². The predicted octanol–water partition coefficient (Wildman–Crippen LogP) is 2.99. The van der Waals surface area contributed by atoms with E-state index in [0.717, 1.165) is 43.1 Å². The zero-order valence-electron chi connectivity index (χ0n) is 10.0. The molecule has 0 aromatic heterocycles. The van der Waals surface area contributed by atoms with E-state index in [1.807, 2.05) is 0 Å². The Labute approximate surface area is 88.2 Å². The summed E-state index contributed by atoms with van der Waals surface area (Å²) in [7, 11) is 0. The van der Waals surface area contributed by atoms with E-state index >= 15 is 0 Å². The summed E-state index contributed by atoms with van der Waals surface area (Å²) in [6.07, 6.45) is 2.17. The lowest BCUT2D eigenvalue weighted by Crippen LogP contribution is -2.34. The highest BCUT2D eigenvalue weighted by Crippen LogP contribution is 2.23. The highest BCUT2D eigenvalue weighted by atomic mass is 15.2. The lowest BCUT2D eigenvalue weighted by Gasteiger charge is -2.30. The summed E-state index contributed by atoms with van der Waals surface area (Å²) >= 11 is 0. The molecule has 82 valence electrons. The Morgan fingerprint density at radius 3 is 2.14 bits per heavy atom. The SMILES string of the molecule is CC(C)C(CN1CCCC1=N)C(C)C. The topological polar surface area (TPSA) is 27.1 Å². The number of likely N-dealkylation sites (tertiary alicyclic amines) is 1. The zero-order chi connectivity index (χ0) is 10.7. The first-order chi connectivity index (χ1) is 6.52. The Balaban J connectivity index is 2.50. The molecule has 1 rings (SSSR count). The fraction of sp³-hybridized carbons (Fsp3) is 0.917. The van der Waals surface area contributed by atoms with Gasteiger partial charge in [0.15, 0.2) is 0 Å². The van der Waals surface area contributed by atoms with Gasteiger partial charge >= 0.3 is 0 Å². The summed E-state index contributed by atoms with van der Waals surface area (Å²) in [5.41, 5.74) is 0. The maximum Gasteiger partial charge on any atom is 0.0958 e. The van der Waals surface area contributed by atoms with E-state index in [2.05, 4.69) is 32.6 Å². The number of nitrogens with one attached hydrogen (secondary N) is 1. The third-order valence-corrected chi connectivity index (χ3v) is 3.37. The molecule has 1 aliphatic heterocycles. The number of amidine groups is 1. The third-order valence-electron chi connectivity index (χ3n) is 3.37. The smallest absolute Gasteiger partial charge is 0.0958 e. The fourth-order valence-corrected chi connectivity index (χ4v) is 2.38. The van der Waals surface area contributed by atoms with Crippen molar-refractivity contribution in [3.05, 3.63) is 0 Å². The van der Waals surface area contributed by atoms with E-state index in [9.17, 15) is 0 Å². The third kappa shape index (κ3) is 2.73. The average Bonchev–Trinajstić information content (AvgIpc) is 2.46. The minimum Gasteiger partial charge on any atom is -0.360 e. The molecule has 1 heterocycles. The first kappa shape index (κ1) is 11.5. The number of rotatable bonds is 4. The molecule has 0 atom stereocenters. The van der Waals surface area contributed by atoms with Crippen LogP contribution in [0.5, 0.6) is 0 Å². The molecule has 0 unspecified atom stereocenters. The van der Waals surface area contributed by atoms with E-state index in [1.54, 1.807) is 0 Å². The maximum atomic E-state index is 7.81. The number of hydrogen-bond acceptors (Lipinski definition) is 1. The second-order valence-electron chi connectivity index (χ2n) is 5.15. The van der Waals surface area contributed by atoms with E-state index in [0.29, 0.717) is 0 Å². The summed E-state index contributed by atoms with van der Waals surface area (Å²) in [6, 6.07) is 0. The lowest BCUT2D eigenvalue weighted by atomic mass is 9.85. The molecule has 14 heavy (non-hydrogen) atoms. The van der Waals surface area contributed by atoms with Crippen molar-refractivity contribution in [2.75, 3.05) is 13.1 Å². The van der Waals surface area contributed by atoms with Gasteiger partial charge in [-0.25, -0.2) is 0 Å². The predicted molar refractivity (Wildman–Crippen MR) is 61.7 cm³/mol. The van der Waals surface area contributed by atoms with Crippen LogP contribution < -0.4 is 0 Å². The van der Waals surface area contributed by atoms with Crippen LogP contribution in [0, 0.1) is 23.2 Å². The molecule has 1 fully saturated rings. The van der Waals surface area contributed by atoms with Crippen molar-refractivity contribution in [2.24, 2.45) is 17.8 Å². The van der Waals surface area contributed by atoms with Crippen molar-refractivity contribution >= 4 is 5.84 Å². The summed E-state index contributed by atoms with van der Waals surface area (Å²) in [6.45, 7) is 11.4. The summed E-state index contributed by atoms with van der Waals surface area (Å²) in [5.74, 6) is 3.04. The molecule has 0 amide bonds. The van der Waals surface area contributed by atoms with Gasteiger partial charge in [0.1, 0.15) is 0 Å². The van der Waals surface area contributed by atoms with Gasteiger partial charge in [0.2, 0.25) is 0 Å². The van der Waals surface area contributed by atoms with Crippen LogP contribution in [-0.4, -0.2) is 23.8 Å². The van der Waals surface area contributed by atoms with Crippen molar-refractivity contribution in [3.63, 3.8) is 0 Å². The van der Waals surface area contributed by atoms with Crippen molar-refractivity contribution < 1.29 is 0 Å². The molecule has 1 N–H and O–H groups in total. The van der Waals surface area contributed by atoms with Gasteiger partial charge in [-0.1, -0.05) is 27.7 Å². The molecular formula is C12H24N2. The second-order valence-corrected chi connectivity index (χ2v) is 5.15. The molecule has 0 aromatic carbocycles. The van der Waals surface area contributed by atoms with E-state index in [4.69, 9.17) is 5.41 Å². The monoisotopic (exact) mass is 196 g/mol. The summed E-state index contributed by atoms with van der Waals surface area (Å²) in [5, 5.41) is 7.81. The fourth-order valence-electron chi connectivity index (χ4n) is 2.38. The van der Waals surface area contributed by atoms with E-state index in [1.165, 1.54) is 6.42 Å². The first-order valence-corrected chi connectivity index (χ1v) is 5.84. The molecule has 2 nitrogen and oxygen atoms in total. The standard InChI is InChI=1S/C12H24N2/c1-9(2)11(10(3)4)8-14-7-5-6-12(14)13/h9-11,13H,5-8H2,1-4H3. The van der Waals surface area contributed by atoms with Gasteiger partial charge in [0.25, 0.3) is 0 Å². The number of hydrogen-bond donors (Lipinski definition) is 1. The molecule has 0 spiro atoms. The number of nitrogens with zero attached hydrogens (tertiary/aromatic N) is 1. The Morgan fingerprint density at radius 2 is 1.79 bits per heavy atom. The average molecular weight is 196 g/mol. The second kappa shape index (κ2) is 4.81. The van der Waals surface area contributed by atoms with Gasteiger partial charge in [0, 0.05) is 19.5 Å². The largest absolute Gasteiger partial charge is 0.360 e. The summed E-state index contributed by atoms with van der Waals surface area (Å²) < 4.78 is 0. The maximum absolute atomic E-state index is 7.81. The summed E-state index contributed by atoms with van der Waals surface area (Å²) in [4.78, 5) is 2.27. The highest BCUT2D eigenvalue weighted by molar-refractivity contribution is 5.80. The van der Waals surface area contributed by atoms with Gasteiger partial charge in [-0.2, -0.15) is 0 Å². The van der Waals surface area contributed by atoms with Crippen LogP contribution in [0.1, 0.15) is 40.5 Å². The van der Waals surface area contributed by atoms with Crippen LogP contribution in [0.2, 0.25) is 0 Å². The quantitative estimate of drug-likeness (QED) is 0.735. The van der Waals surface area contributed by atoms with Gasteiger partial charge in [0.05, 0.1) is 5.84 Å². The molecule has 1 aliphatic rings. The van der Waals surface area contributed by atoms with Crippen LogP contribution in [0.15, 0.2) is 0 Å². The first-order valence-electron chi connectivity index (χ1n) is 5.84. The Morgan fingerprint density at radius 1 is 1.21 bits per heavy atom. The molecule has 0 bridgehead atoms. The molecule has 0 saturated carbocycles. The Kier molecular flexibility index (Phi) is 3.97. The van der Waals surface area contributed by atoms with Crippen molar-refractivity contribution in [3.8, 4) is 0 Å². The normalized spacial score (nSPS) is 17.9. The van der Waals surface area contributed by atoms with Crippen LogP contribution in [-0.2, 0) is 0 Å². The van der Waals surface area contributed by atoms with Gasteiger partial charge in [-0.15, -0.1) is 0 Å². The van der Waals surface area contributed by atoms with Gasteiger partial charge in [-0.3, -0.25) is 5.41 Å². The van der Waals surface area contributed by atoms with Crippen molar-refractivity contribution in [1.29, 1.82) is 5.41 Å². The van der Waals surface area contributed by atoms with E-state index < -0.39 is 0 Å². The van der Waals surface area contributed by atoms with Gasteiger partial charge < -0.3 is 4.90 Å². The Bertz CT molecular complexity index is 188. The van der Waals surface area contributed by atoms with Gasteiger partial charge in [-0.05, 0) is 24.2 Å². The molecule has 2 heteroatoms. The molecule has 0 radical (unpaired) electrons. The molecule has 0 aromatic rings. The van der Waals surface area contributed by atoms with Crippen LogP contribution >= 0.6 is 0 Å². The Hall–Kier alpha value is -0.530. The molecule has 0 aliphatic carbocycles. The van der Waals surface area contributed by atoms with Crippen LogP contribution in [0.4, 0.5) is 0 Å². The van der Waals surface area contributed by atoms with E-state index in [-0.39, 0.29) is 0 Å². The lowest BCUT2D eigenvalue weighted by molar-refractivity contribution is 0.228. The molecule has 1 saturated heterocycles. The highest BCUT2D eigenvalue weighted by Gasteiger charge is 2.24. The minimum atomic E-state index is 0.725. The van der Waals surface area contributed by atoms with Crippen molar-refractivity contribution in [2.45, 2.75) is 40.5 Å². The van der Waals surface area contributed by atoms with Crippen molar-refractivity contribution in [1.82, 2.24) is 4.90 Å². The zero-order valence-corrected chi connectivity index (χ0v) is 10.0. The minimum absolute atomic E-state index is 0.725.